The van der Waals surface area contributed by atoms with E-state index in [4.69, 9.17) is 4.74 Å². The number of ether oxygens (including phenoxy) is 1. The standard InChI is InChI=1S/C17H33N3O2/c1-12(10-14-6-5-9-18-14)20-15(13-7-8-13)11-19-16(21)22-17(2,3)4/h12-15,18,20H,5-11H2,1-4H3,(H,19,21). The Labute approximate surface area is 134 Å². The van der Waals surface area contributed by atoms with E-state index in [1.54, 1.807) is 0 Å². The Kier molecular flexibility index (Phi) is 6.09. The van der Waals surface area contributed by atoms with Crippen molar-refractivity contribution < 1.29 is 9.53 Å². The summed E-state index contributed by atoms with van der Waals surface area (Å²) in [5, 5.41) is 10.2. The van der Waals surface area contributed by atoms with Gasteiger partial charge in [-0.2, -0.15) is 0 Å². The van der Waals surface area contributed by atoms with Crippen molar-refractivity contribution in [1.29, 1.82) is 0 Å². The molecule has 3 N–H and O–H groups in total. The minimum absolute atomic E-state index is 0.315. The number of hydrogen-bond donors (Lipinski definition) is 3. The molecule has 0 spiro atoms. The zero-order valence-corrected chi connectivity index (χ0v) is 14.6. The Hall–Kier alpha value is -0.810. The van der Waals surface area contributed by atoms with Gasteiger partial charge in [0.2, 0.25) is 0 Å². The minimum atomic E-state index is -0.436. The van der Waals surface area contributed by atoms with Crippen LogP contribution in [0.3, 0.4) is 0 Å². The Balaban J connectivity index is 1.71. The number of alkyl carbamates (subject to hydrolysis) is 1. The first kappa shape index (κ1) is 17.5. The number of amides is 1. The summed E-state index contributed by atoms with van der Waals surface area (Å²) in [6, 6.07) is 1.49. The van der Waals surface area contributed by atoms with Gasteiger partial charge in [-0.15, -0.1) is 0 Å². The van der Waals surface area contributed by atoms with Crippen LogP contribution in [0.1, 0.15) is 59.8 Å². The molecule has 1 aliphatic carbocycles. The number of nitrogens with one attached hydrogen (secondary N) is 3. The SMILES string of the molecule is CC(CC1CCCN1)NC(CNC(=O)OC(C)(C)C)C1CC1. The minimum Gasteiger partial charge on any atom is -0.444 e. The lowest BCUT2D eigenvalue weighted by atomic mass is 10.0. The van der Waals surface area contributed by atoms with Crippen LogP contribution in [-0.2, 0) is 4.74 Å². The molecule has 1 saturated heterocycles. The van der Waals surface area contributed by atoms with Gasteiger partial charge >= 0.3 is 6.09 Å². The zero-order chi connectivity index (χ0) is 16.2. The van der Waals surface area contributed by atoms with E-state index in [0.717, 1.165) is 13.0 Å². The third kappa shape index (κ3) is 6.53. The fraction of sp³-hybridized carbons (Fsp3) is 0.941. The molecule has 0 aromatic heterocycles. The van der Waals surface area contributed by atoms with Crippen LogP contribution in [0.25, 0.3) is 0 Å². The highest BCUT2D eigenvalue weighted by Crippen LogP contribution is 2.32. The summed E-state index contributed by atoms with van der Waals surface area (Å²) in [6.07, 6.45) is 5.96. The van der Waals surface area contributed by atoms with Crippen molar-refractivity contribution in [2.75, 3.05) is 13.1 Å². The normalized spacial score (nSPS) is 24.8. The van der Waals surface area contributed by atoms with Crippen molar-refractivity contribution in [3.8, 4) is 0 Å². The fourth-order valence-corrected chi connectivity index (χ4v) is 3.19. The molecule has 1 saturated carbocycles. The van der Waals surface area contributed by atoms with Gasteiger partial charge in [0.05, 0.1) is 0 Å². The van der Waals surface area contributed by atoms with Crippen LogP contribution >= 0.6 is 0 Å². The van der Waals surface area contributed by atoms with Crippen molar-refractivity contribution in [1.82, 2.24) is 16.0 Å². The lowest BCUT2D eigenvalue weighted by Crippen LogP contribution is -2.48. The zero-order valence-electron chi connectivity index (χ0n) is 14.6. The molecular weight excluding hydrogens is 278 g/mol. The highest BCUT2D eigenvalue weighted by atomic mass is 16.6. The van der Waals surface area contributed by atoms with Crippen LogP contribution in [0.2, 0.25) is 0 Å². The lowest BCUT2D eigenvalue weighted by molar-refractivity contribution is 0.0520. The molecule has 22 heavy (non-hydrogen) atoms. The van der Waals surface area contributed by atoms with E-state index in [0.29, 0.717) is 30.6 Å². The van der Waals surface area contributed by atoms with Crippen molar-refractivity contribution in [2.45, 2.75) is 83.5 Å². The first-order valence-corrected chi connectivity index (χ1v) is 8.80. The molecule has 0 aromatic carbocycles. The van der Waals surface area contributed by atoms with E-state index < -0.39 is 5.60 Å². The number of carbonyl (C=O) groups is 1. The van der Waals surface area contributed by atoms with Gasteiger partial charge in [0.15, 0.2) is 0 Å². The van der Waals surface area contributed by atoms with Crippen LogP contribution in [0, 0.1) is 5.92 Å². The van der Waals surface area contributed by atoms with E-state index in [9.17, 15) is 4.79 Å². The van der Waals surface area contributed by atoms with E-state index in [-0.39, 0.29) is 6.09 Å². The Morgan fingerprint density at radius 3 is 2.59 bits per heavy atom. The van der Waals surface area contributed by atoms with Gasteiger partial charge in [-0.05, 0) is 72.3 Å². The quantitative estimate of drug-likeness (QED) is 0.676. The van der Waals surface area contributed by atoms with Crippen LogP contribution in [-0.4, -0.2) is 42.9 Å². The van der Waals surface area contributed by atoms with Crippen LogP contribution in [0.4, 0.5) is 4.79 Å². The average molecular weight is 311 g/mol. The second-order valence-corrected chi connectivity index (χ2v) is 7.92. The molecule has 0 bridgehead atoms. The van der Waals surface area contributed by atoms with Gasteiger partial charge in [-0.25, -0.2) is 4.79 Å². The molecule has 5 nitrogen and oxygen atoms in total. The van der Waals surface area contributed by atoms with Crippen molar-refractivity contribution in [3.05, 3.63) is 0 Å². The third-order valence-corrected chi connectivity index (χ3v) is 4.36. The van der Waals surface area contributed by atoms with Gasteiger partial charge in [0.1, 0.15) is 5.60 Å². The molecule has 1 amide bonds. The third-order valence-electron chi connectivity index (χ3n) is 4.36. The molecule has 128 valence electrons. The molecule has 2 rings (SSSR count). The Bertz CT molecular complexity index is 357. The van der Waals surface area contributed by atoms with Crippen molar-refractivity contribution in [3.63, 3.8) is 0 Å². The summed E-state index contributed by atoms with van der Waals surface area (Å²) < 4.78 is 5.31. The average Bonchev–Trinajstić information content (AvgIpc) is 3.11. The molecule has 3 unspecified atom stereocenters. The first-order chi connectivity index (χ1) is 10.3. The summed E-state index contributed by atoms with van der Waals surface area (Å²) in [4.78, 5) is 11.8. The van der Waals surface area contributed by atoms with Gasteiger partial charge in [-0.3, -0.25) is 0 Å². The lowest BCUT2D eigenvalue weighted by Gasteiger charge is -2.26. The summed E-state index contributed by atoms with van der Waals surface area (Å²) in [5.41, 5.74) is -0.436. The molecule has 2 aliphatic rings. The Morgan fingerprint density at radius 2 is 2.05 bits per heavy atom. The molecule has 1 heterocycles. The molecule has 1 aliphatic heterocycles. The van der Waals surface area contributed by atoms with Gasteiger partial charge < -0.3 is 20.7 Å². The summed E-state index contributed by atoms with van der Waals surface area (Å²) in [5.74, 6) is 0.703. The van der Waals surface area contributed by atoms with Gasteiger partial charge in [-0.1, -0.05) is 0 Å². The molecule has 0 aromatic rings. The number of carbonyl (C=O) groups excluding carboxylic acids is 1. The van der Waals surface area contributed by atoms with Crippen molar-refractivity contribution >= 4 is 6.09 Å². The molecule has 5 heteroatoms. The Morgan fingerprint density at radius 1 is 1.32 bits per heavy atom. The van der Waals surface area contributed by atoms with Gasteiger partial charge in [0, 0.05) is 24.7 Å². The van der Waals surface area contributed by atoms with Crippen LogP contribution in [0.5, 0.6) is 0 Å². The molecule has 2 fully saturated rings. The second kappa shape index (κ2) is 7.64. The summed E-state index contributed by atoms with van der Waals surface area (Å²) in [6.45, 7) is 9.73. The maximum atomic E-state index is 11.8. The van der Waals surface area contributed by atoms with E-state index in [1.165, 1.54) is 25.7 Å². The monoisotopic (exact) mass is 311 g/mol. The highest BCUT2D eigenvalue weighted by molar-refractivity contribution is 5.67. The summed E-state index contributed by atoms with van der Waals surface area (Å²) in [7, 11) is 0. The van der Waals surface area contributed by atoms with E-state index in [1.807, 2.05) is 20.8 Å². The smallest absolute Gasteiger partial charge is 0.407 e. The predicted octanol–water partition coefficient (Wildman–Crippen LogP) is 2.41. The highest BCUT2D eigenvalue weighted by Gasteiger charge is 2.33. The molecule has 3 atom stereocenters. The first-order valence-electron chi connectivity index (χ1n) is 8.80. The van der Waals surface area contributed by atoms with Crippen LogP contribution < -0.4 is 16.0 Å². The maximum absolute atomic E-state index is 11.8. The topological polar surface area (TPSA) is 62.4 Å². The van der Waals surface area contributed by atoms with Gasteiger partial charge in [0.25, 0.3) is 0 Å². The summed E-state index contributed by atoms with van der Waals surface area (Å²) >= 11 is 0. The largest absolute Gasteiger partial charge is 0.444 e. The fourth-order valence-electron chi connectivity index (χ4n) is 3.19. The number of hydrogen-bond acceptors (Lipinski definition) is 4. The van der Waals surface area contributed by atoms with Crippen LogP contribution in [0.15, 0.2) is 0 Å². The number of rotatable bonds is 7. The van der Waals surface area contributed by atoms with E-state index >= 15 is 0 Å². The second-order valence-electron chi connectivity index (χ2n) is 7.92. The molecule has 0 radical (unpaired) electrons. The van der Waals surface area contributed by atoms with E-state index in [2.05, 4.69) is 22.9 Å². The predicted molar refractivity (Wildman–Crippen MR) is 89.0 cm³/mol. The van der Waals surface area contributed by atoms with Crippen molar-refractivity contribution in [2.24, 2.45) is 5.92 Å². The maximum Gasteiger partial charge on any atom is 0.407 e. The molecular formula is C17H33N3O2.